The number of amides is 1. The van der Waals surface area contributed by atoms with Crippen LogP contribution in [0, 0.1) is 6.92 Å². The number of carbonyl (C=O) groups is 1. The van der Waals surface area contributed by atoms with E-state index < -0.39 is 0 Å². The highest BCUT2D eigenvalue weighted by molar-refractivity contribution is 5.82. The molecular formula is C16H20N4O. The van der Waals surface area contributed by atoms with E-state index in [2.05, 4.69) is 39.7 Å². The summed E-state index contributed by atoms with van der Waals surface area (Å²) in [5.41, 5.74) is 4.38. The first-order valence-corrected chi connectivity index (χ1v) is 7.25. The first-order valence-electron chi connectivity index (χ1n) is 7.25. The van der Waals surface area contributed by atoms with Crippen molar-refractivity contribution in [3.63, 3.8) is 0 Å². The number of aryl methyl sites for hydroxylation is 1. The molecule has 0 fully saturated rings. The molecule has 2 aromatic rings. The number of nitrogens with zero attached hydrogens (tertiary/aromatic N) is 1. The Morgan fingerprint density at radius 3 is 3.14 bits per heavy atom. The van der Waals surface area contributed by atoms with Gasteiger partial charge in [-0.2, -0.15) is 0 Å². The van der Waals surface area contributed by atoms with Gasteiger partial charge in [-0.05, 0) is 19.4 Å². The lowest BCUT2D eigenvalue weighted by atomic mass is 10.0. The minimum Gasteiger partial charge on any atom is -0.348 e. The molecule has 110 valence electrons. The highest BCUT2D eigenvalue weighted by Crippen LogP contribution is 2.16. The minimum absolute atomic E-state index is 0.000203. The van der Waals surface area contributed by atoms with Gasteiger partial charge in [0.15, 0.2) is 0 Å². The maximum atomic E-state index is 12.4. The smallest absolute Gasteiger partial charge is 0.238 e. The van der Waals surface area contributed by atoms with Crippen LogP contribution in [-0.4, -0.2) is 21.9 Å². The summed E-state index contributed by atoms with van der Waals surface area (Å²) in [6, 6.07) is 8.00. The van der Waals surface area contributed by atoms with Crippen molar-refractivity contribution < 1.29 is 4.79 Å². The van der Waals surface area contributed by atoms with Crippen LogP contribution in [0.3, 0.4) is 0 Å². The van der Waals surface area contributed by atoms with Crippen LogP contribution in [0.4, 0.5) is 0 Å². The summed E-state index contributed by atoms with van der Waals surface area (Å²) in [6.45, 7) is 4.72. The van der Waals surface area contributed by atoms with E-state index in [0.717, 1.165) is 17.0 Å². The Morgan fingerprint density at radius 2 is 2.33 bits per heavy atom. The van der Waals surface area contributed by atoms with Crippen molar-refractivity contribution in [3.8, 4) is 0 Å². The van der Waals surface area contributed by atoms with Crippen LogP contribution in [-0.2, 0) is 17.8 Å². The fourth-order valence-corrected chi connectivity index (χ4v) is 2.69. The van der Waals surface area contributed by atoms with Crippen LogP contribution in [0.15, 0.2) is 30.6 Å². The summed E-state index contributed by atoms with van der Waals surface area (Å²) >= 11 is 0. The Bertz CT molecular complexity index is 649. The quantitative estimate of drug-likeness (QED) is 0.802. The van der Waals surface area contributed by atoms with E-state index in [1.165, 1.54) is 5.56 Å². The normalized spacial score (nSPS) is 18.9. The van der Waals surface area contributed by atoms with Crippen LogP contribution in [0.2, 0.25) is 0 Å². The molecule has 1 aliphatic heterocycles. The number of hydrogen-bond acceptors (Lipinski definition) is 3. The van der Waals surface area contributed by atoms with Gasteiger partial charge in [-0.25, -0.2) is 4.98 Å². The Hall–Kier alpha value is -2.14. The third-order valence-electron chi connectivity index (χ3n) is 3.95. The highest BCUT2D eigenvalue weighted by Gasteiger charge is 2.26. The number of hydrogen-bond donors (Lipinski definition) is 3. The molecule has 0 radical (unpaired) electrons. The Labute approximate surface area is 124 Å². The van der Waals surface area contributed by atoms with Gasteiger partial charge in [0.2, 0.25) is 5.91 Å². The number of imidazole rings is 1. The van der Waals surface area contributed by atoms with E-state index in [-0.39, 0.29) is 18.0 Å². The summed E-state index contributed by atoms with van der Waals surface area (Å²) in [7, 11) is 0. The minimum atomic E-state index is -0.215. The monoisotopic (exact) mass is 284 g/mol. The summed E-state index contributed by atoms with van der Waals surface area (Å²) in [5, 5.41) is 6.32. The lowest BCUT2D eigenvalue weighted by Gasteiger charge is -2.24. The topological polar surface area (TPSA) is 69.8 Å². The second-order valence-corrected chi connectivity index (χ2v) is 5.61. The van der Waals surface area contributed by atoms with Crippen LogP contribution in [0.5, 0.6) is 0 Å². The molecule has 3 N–H and O–H groups in total. The summed E-state index contributed by atoms with van der Waals surface area (Å²) in [5.74, 6) is 0.0256. The number of nitrogens with one attached hydrogen (secondary N) is 3. The molecule has 3 rings (SSSR count). The largest absolute Gasteiger partial charge is 0.348 e. The number of H-pyrrole nitrogens is 1. The molecule has 2 atom stereocenters. The van der Waals surface area contributed by atoms with Gasteiger partial charge in [-0.1, -0.05) is 29.8 Å². The average molecular weight is 284 g/mol. The number of aromatic nitrogens is 2. The molecule has 0 saturated carbocycles. The van der Waals surface area contributed by atoms with Crippen molar-refractivity contribution in [3.05, 3.63) is 53.1 Å². The summed E-state index contributed by atoms with van der Waals surface area (Å²) in [6.07, 6.45) is 2.31. The van der Waals surface area contributed by atoms with Gasteiger partial charge in [0, 0.05) is 13.0 Å². The Balaban J connectivity index is 1.64. The predicted octanol–water partition coefficient (Wildman–Crippen LogP) is 1.61. The zero-order valence-electron chi connectivity index (χ0n) is 12.3. The molecule has 0 saturated heterocycles. The van der Waals surface area contributed by atoms with Crippen molar-refractivity contribution in [1.29, 1.82) is 0 Å². The number of aromatic amines is 1. The third kappa shape index (κ3) is 2.97. The van der Waals surface area contributed by atoms with Gasteiger partial charge in [-0.3, -0.25) is 10.1 Å². The van der Waals surface area contributed by atoms with Crippen molar-refractivity contribution in [1.82, 2.24) is 20.6 Å². The number of carbonyl (C=O) groups excluding carboxylic acids is 1. The summed E-state index contributed by atoms with van der Waals surface area (Å²) in [4.78, 5) is 19.7. The third-order valence-corrected chi connectivity index (χ3v) is 3.95. The summed E-state index contributed by atoms with van der Waals surface area (Å²) < 4.78 is 0. The van der Waals surface area contributed by atoms with Gasteiger partial charge >= 0.3 is 0 Å². The Kier molecular flexibility index (Phi) is 3.75. The van der Waals surface area contributed by atoms with E-state index in [1.807, 2.05) is 19.1 Å². The maximum absolute atomic E-state index is 12.4. The lowest BCUT2D eigenvalue weighted by Crippen LogP contribution is -2.48. The molecule has 0 bridgehead atoms. The Morgan fingerprint density at radius 1 is 1.48 bits per heavy atom. The molecule has 1 aromatic carbocycles. The van der Waals surface area contributed by atoms with Crippen LogP contribution in [0.1, 0.15) is 35.5 Å². The molecule has 0 spiro atoms. The van der Waals surface area contributed by atoms with E-state index in [9.17, 15) is 4.79 Å². The van der Waals surface area contributed by atoms with Crippen LogP contribution in [0.25, 0.3) is 0 Å². The second-order valence-electron chi connectivity index (χ2n) is 5.61. The van der Waals surface area contributed by atoms with E-state index >= 15 is 0 Å². The molecule has 0 aliphatic carbocycles. The highest BCUT2D eigenvalue weighted by atomic mass is 16.2. The van der Waals surface area contributed by atoms with E-state index in [4.69, 9.17) is 0 Å². The molecule has 2 heterocycles. The number of rotatable bonds is 3. The number of benzene rings is 1. The maximum Gasteiger partial charge on any atom is 0.238 e. The lowest BCUT2D eigenvalue weighted by molar-refractivity contribution is -0.124. The molecule has 1 aliphatic rings. The van der Waals surface area contributed by atoms with Crippen molar-refractivity contribution in [2.45, 2.75) is 38.9 Å². The molecule has 5 nitrogen and oxygen atoms in total. The van der Waals surface area contributed by atoms with Gasteiger partial charge in [0.05, 0.1) is 29.8 Å². The van der Waals surface area contributed by atoms with Crippen LogP contribution < -0.4 is 10.6 Å². The molecular weight excluding hydrogens is 264 g/mol. The first-order chi connectivity index (χ1) is 10.1. The first kappa shape index (κ1) is 13.8. The van der Waals surface area contributed by atoms with E-state index in [0.29, 0.717) is 13.0 Å². The average Bonchev–Trinajstić information content (AvgIpc) is 2.94. The fraction of sp³-hybridized carbons (Fsp3) is 0.375. The van der Waals surface area contributed by atoms with Crippen molar-refractivity contribution in [2.75, 3.05) is 0 Å². The van der Waals surface area contributed by atoms with E-state index in [1.54, 1.807) is 6.33 Å². The second kappa shape index (κ2) is 5.69. The molecule has 1 unspecified atom stereocenters. The van der Waals surface area contributed by atoms with Gasteiger partial charge < -0.3 is 10.3 Å². The van der Waals surface area contributed by atoms with Crippen molar-refractivity contribution >= 4 is 5.91 Å². The SMILES string of the molecule is Cc1cccc([C@@H](C)NC(=O)C2Cc3nc[nH]c3CN2)c1. The van der Waals surface area contributed by atoms with Gasteiger partial charge in [0.1, 0.15) is 0 Å². The van der Waals surface area contributed by atoms with Crippen molar-refractivity contribution in [2.24, 2.45) is 0 Å². The standard InChI is InChI=1S/C16H20N4O/c1-10-4-3-5-12(6-10)11(2)20-16(21)14-7-13-15(8-17-14)19-9-18-13/h3-6,9,11,14,17H,7-8H2,1-2H3,(H,18,19)(H,20,21)/t11-,14?/m1/s1. The van der Waals surface area contributed by atoms with Crippen LogP contribution >= 0.6 is 0 Å². The van der Waals surface area contributed by atoms with Gasteiger partial charge in [0.25, 0.3) is 0 Å². The molecule has 1 amide bonds. The molecule has 21 heavy (non-hydrogen) atoms. The molecule has 1 aromatic heterocycles. The van der Waals surface area contributed by atoms with Gasteiger partial charge in [-0.15, -0.1) is 0 Å². The zero-order valence-corrected chi connectivity index (χ0v) is 12.3. The number of fused-ring (bicyclic) bond motifs is 1. The fourth-order valence-electron chi connectivity index (χ4n) is 2.69. The molecule has 5 heteroatoms. The predicted molar refractivity (Wildman–Crippen MR) is 80.7 cm³/mol. The zero-order chi connectivity index (χ0) is 14.8.